The quantitative estimate of drug-likeness (QED) is 0.541. The van der Waals surface area contributed by atoms with Crippen LogP contribution in [0, 0.1) is 5.92 Å². The van der Waals surface area contributed by atoms with Gasteiger partial charge in [0.05, 0.1) is 12.5 Å². The number of nitrogens with zero attached hydrogens (tertiary/aromatic N) is 1. The van der Waals surface area contributed by atoms with Gasteiger partial charge in [0.1, 0.15) is 0 Å². The van der Waals surface area contributed by atoms with Gasteiger partial charge in [-0.1, -0.05) is 6.42 Å². The van der Waals surface area contributed by atoms with Crippen LogP contribution in [0.4, 0.5) is 0 Å². The lowest BCUT2D eigenvalue weighted by Crippen LogP contribution is -2.37. The Hall–Kier alpha value is -0.610. The maximum Gasteiger partial charge on any atom is 0.309 e. The van der Waals surface area contributed by atoms with Crippen molar-refractivity contribution in [1.82, 2.24) is 4.90 Å². The highest BCUT2D eigenvalue weighted by atomic mass is 16.5. The average Bonchev–Trinajstić information content (AvgIpc) is 2.36. The first-order valence-electron chi connectivity index (χ1n) is 6.87. The Labute approximate surface area is 104 Å². The van der Waals surface area contributed by atoms with Crippen LogP contribution in [-0.4, -0.2) is 43.7 Å². The first-order valence-corrected chi connectivity index (χ1v) is 6.87. The molecule has 1 fully saturated rings. The number of unbranched alkanes of at least 4 members (excludes halogenated alkanes) is 2. The Morgan fingerprint density at radius 2 is 2.00 bits per heavy atom. The molecule has 0 aromatic heterocycles. The Morgan fingerprint density at radius 1 is 1.29 bits per heavy atom. The number of ether oxygens (including phenoxy) is 1. The van der Waals surface area contributed by atoms with Crippen molar-refractivity contribution >= 4 is 5.97 Å². The molecule has 4 nitrogen and oxygen atoms in total. The van der Waals surface area contributed by atoms with Gasteiger partial charge in [0.15, 0.2) is 0 Å². The van der Waals surface area contributed by atoms with Gasteiger partial charge in [-0.15, -0.1) is 0 Å². The van der Waals surface area contributed by atoms with E-state index in [4.69, 9.17) is 10.5 Å². The Morgan fingerprint density at radius 3 is 2.59 bits per heavy atom. The number of rotatable bonds is 7. The van der Waals surface area contributed by atoms with Gasteiger partial charge in [-0.25, -0.2) is 0 Å². The lowest BCUT2D eigenvalue weighted by atomic mass is 9.97. The molecule has 1 saturated heterocycles. The summed E-state index contributed by atoms with van der Waals surface area (Å²) >= 11 is 0. The van der Waals surface area contributed by atoms with Gasteiger partial charge in [-0.05, 0) is 58.8 Å². The Bertz CT molecular complexity index is 213. The molecular formula is C13H26N2O2. The van der Waals surface area contributed by atoms with Crippen LogP contribution in [-0.2, 0) is 9.53 Å². The van der Waals surface area contributed by atoms with E-state index in [1.54, 1.807) is 0 Å². The maximum absolute atomic E-state index is 11.5. The second-order valence-electron chi connectivity index (χ2n) is 4.72. The van der Waals surface area contributed by atoms with E-state index in [0.717, 1.165) is 45.4 Å². The fourth-order valence-corrected chi connectivity index (χ4v) is 2.31. The monoisotopic (exact) mass is 242 g/mol. The van der Waals surface area contributed by atoms with Crippen molar-refractivity contribution in [2.45, 2.75) is 39.0 Å². The summed E-state index contributed by atoms with van der Waals surface area (Å²) in [6, 6.07) is 0. The highest BCUT2D eigenvalue weighted by Crippen LogP contribution is 2.18. The van der Waals surface area contributed by atoms with Crippen molar-refractivity contribution in [2.24, 2.45) is 11.7 Å². The predicted molar refractivity (Wildman–Crippen MR) is 68.7 cm³/mol. The number of carbonyl (C=O) groups is 1. The molecule has 0 amide bonds. The van der Waals surface area contributed by atoms with Crippen LogP contribution in [0.5, 0.6) is 0 Å². The number of carbonyl (C=O) groups excluding carboxylic acids is 1. The van der Waals surface area contributed by atoms with E-state index in [1.165, 1.54) is 12.8 Å². The van der Waals surface area contributed by atoms with Crippen molar-refractivity contribution < 1.29 is 9.53 Å². The van der Waals surface area contributed by atoms with Crippen LogP contribution in [0.1, 0.15) is 39.0 Å². The molecule has 0 bridgehead atoms. The number of nitrogens with two attached hydrogens (primary N) is 1. The van der Waals surface area contributed by atoms with Crippen molar-refractivity contribution in [3.05, 3.63) is 0 Å². The average molecular weight is 242 g/mol. The molecule has 0 radical (unpaired) electrons. The zero-order valence-electron chi connectivity index (χ0n) is 11.0. The van der Waals surface area contributed by atoms with E-state index < -0.39 is 0 Å². The third-order valence-corrected chi connectivity index (χ3v) is 3.39. The third-order valence-electron chi connectivity index (χ3n) is 3.39. The summed E-state index contributed by atoms with van der Waals surface area (Å²) in [5.41, 5.74) is 5.46. The van der Waals surface area contributed by atoms with E-state index in [0.29, 0.717) is 6.61 Å². The van der Waals surface area contributed by atoms with E-state index in [-0.39, 0.29) is 11.9 Å². The highest BCUT2D eigenvalue weighted by Gasteiger charge is 2.25. The lowest BCUT2D eigenvalue weighted by molar-refractivity contribution is -0.149. The Balaban J connectivity index is 2.11. The van der Waals surface area contributed by atoms with Crippen LogP contribution in [0.25, 0.3) is 0 Å². The number of likely N-dealkylation sites (tertiary alicyclic amines) is 1. The Kier molecular flexibility index (Phi) is 7.21. The standard InChI is InChI=1S/C13H26N2O2/c1-2-17-13(16)12-6-10-15(11-7-12)9-5-3-4-8-14/h12H,2-11,14H2,1H3. The SMILES string of the molecule is CCOC(=O)C1CCN(CCCCCN)CC1. The number of esters is 1. The third kappa shape index (κ3) is 5.50. The molecule has 0 atom stereocenters. The molecule has 1 aliphatic rings. The van der Waals surface area contributed by atoms with Crippen molar-refractivity contribution in [3.63, 3.8) is 0 Å². The maximum atomic E-state index is 11.5. The van der Waals surface area contributed by atoms with E-state index in [1.807, 2.05) is 6.92 Å². The van der Waals surface area contributed by atoms with E-state index in [9.17, 15) is 4.79 Å². The molecule has 0 aromatic carbocycles. The minimum atomic E-state index is -0.00437. The van der Waals surface area contributed by atoms with Crippen molar-refractivity contribution in [1.29, 1.82) is 0 Å². The van der Waals surface area contributed by atoms with E-state index >= 15 is 0 Å². The van der Waals surface area contributed by atoms with Gasteiger partial charge in [-0.2, -0.15) is 0 Å². The molecule has 0 saturated carbocycles. The molecule has 0 aliphatic carbocycles. The van der Waals surface area contributed by atoms with Crippen LogP contribution in [0.3, 0.4) is 0 Å². The summed E-state index contributed by atoms with van der Waals surface area (Å²) in [4.78, 5) is 14.0. The molecule has 0 spiro atoms. The number of hydrogen-bond acceptors (Lipinski definition) is 4. The molecule has 17 heavy (non-hydrogen) atoms. The van der Waals surface area contributed by atoms with Crippen molar-refractivity contribution in [3.8, 4) is 0 Å². The van der Waals surface area contributed by atoms with Gasteiger partial charge >= 0.3 is 5.97 Å². The minimum Gasteiger partial charge on any atom is -0.466 e. The van der Waals surface area contributed by atoms with Gasteiger partial charge < -0.3 is 15.4 Å². The van der Waals surface area contributed by atoms with Gasteiger partial charge in [0.2, 0.25) is 0 Å². The van der Waals surface area contributed by atoms with Crippen LogP contribution in [0.2, 0.25) is 0 Å². The number of hydrogen-bond donors (Lipinski definition) is 1. The van der Waals surface area contributed by atoms with E-state index in [2.05, 4.69) is 4.90 Å². The summed E-state index contributed by atoms with van der Waals surface area (Å²) in [6.45, 7) is 6.38. The zero-order valence-corrected chi connectivity index (χ0v) is 11.0. The summed E-state index contributed by atoms with van der Waals surface area (Å²) < 4.78 is 5.06. The topological polar surface area (TPSA) is 55.6 Å². The predicted octanol–water partition coefficient (Wildman–Crippen LogP) is 1.39. The lowest BCUT2D eigenvalue weighted by Gasteiger charge is -2.30. The second-order valence-corrected chi connectivity index (χ2v) is 4.72. The first-order chi connectivity index (χ1) is 8.27. The van der Waals surface area contributed by atoms with Crippen LogP contribution < -0.4 is 5.73 Å². The molecule has 1 heterocycles. The van der Waals surface area contributed by atoms with Crippen LogP contribution in [0.15, 0.2) is 0 Å². The summed E-state index contributed by atoms with van der Waals surface area (Å²) in [5.74, 6) is 0.130. The fraction of sp³-hybridized carbons (Fsp3) is 0.923. The molecule has 1 aliphatic heterocycles. The van der Waals surface area contributed by atoms with Gasteiger partial charge in [0.25, 0.3) is 0 Å². The van der Waals surface area contributed by atoms with Gasteiger partial charge in [-0.3, -0.25) is 4.79 Å². The molecular weight excluding hydrogens is 216 g/mol. The molecule has 1 rings (SSSR count). The fourth-order valence-electron chi connectivity index (χ4n) is 2.31. The molecule has 2 N–H and O–H groups in total. The highest BCUT2D eigenvalue weighted by molar-refractivity contribution is 5.72. The molecule has 100 valence electrons. The largest absolute Gasteiger partial charge is 0.466 e. The summed E-state index contributed by atoms with van der Waals surface area (Å²) in [7, 11) is 0. The van der Waals surface area contributed by atoms with Crippen LogP contribution >= 0.6 is 0 Å². The van der Waals surface area contributed by atoms with Crippen molar-refractivity contribution in [2.75, 3.05) is 32.8 Å². The van der Waals surface area contributed by atoms with Gasteiger partial charge in [0, 0.05) is 0 Å². The first kappa shape index (κ1) is 14.5. The normalized spacial score (nSPS) is 18.2. The molecule has 0 aromatic rings. The molecule has 4 heteroatoms. The second kappa shape index (κ2) is 8.48. The summed E-state index contributed by atoms with van der Waals surface area (Å²) in [6.07, 6.45) is 5.47. The molecule has 0 unspecified atom stereocenters. The smallest absolute Gasteiger partial charge is 0.309 e. The zero-order chi connectivity index (χ0) is 12.5. The minimum absolute atomic E-state index is 0.00437. The number of piperidine rings is 1. The summed E-state index contributed by atoms with van der Waals surface area (Å²) in [5, 5.41) is 0.